The van der Waals surface area contributed by atoms with E-state index in [-0.39, 0.29) is 0 Å². The van der Waals surface area contributed by atoms with Crippen LogP contribution in [0.4, 0.5) is 0 Å². The van der Waals surface area contributed by atoms with E-state index >= 15 is 0 Å². The predicted octanol–water partition coefficient (Wildman–Crippen LogP) is 2.25. The van der Waals surface area contributed by atoms with Crippen molar-refractivity contribution in [2.75, 3.05) is 0 Å². The molecule has 1 aromatic rings. The van der Waals surface area contributed by atoms with Gasteiger partial charge in [0.05, 0.1) is 6.20 Å². The van der Waals surface area contributed by atoms with Crippen LogP contribution >= 0.6 is 0 Å². The molecule has 0 aliphatic heterocycles. The number of nitrogens with zero attached hydrogens (tertiary/aromatic N) is 2. The van der Waals surface area contributed by atoms with Crippen LogP contribution in [0.25, 0.3) is 0 Å². The summed E-state index contributed by atoms with van der Waals surface area (Å²) in [5, 5.41) is 7.97. The molecule has 16 heavy (non-hydrogen) atoms. The highest BCUT2D eigenvalue weighted by atomic mass is 15.3. The zero-order valence-electron chi connectivity index (χ0n) is 10.8. The summed E-state index contributed by atoms with van der Waals surface area (Å²) in [4.78, 5) is 0. The van der Waals surface area contributed by atoms with E-state index in [2.05, 4.69) is 31.2 Å². The van der Waals surface area contributed by atoms with E-state index in [1.54, 1.807) is 0 Å². The Hall–Kier alpha value is -0.830. The fourth-order valence-corrected chi connectivity index (χ4v) is 2.35. The van der Waals surface area contributed by atoms with Gasteiger partial charge in [-0.05, 0) is 31.6 Å². The summed E-state index contributed by atoms with van der Waals surface area (Å²) in [7, 11) is 2.00. The van der Waals surface area contributed by atoms with Crippen molar-refractivity contribution in [2.45, 2.75) is 46.2 Å². The Kier molecular flexibility index (Phi) is 3.33. The van der Waals surface area contributed by atoms with Crippen LogP contribution in [0.3, 0.4) is 0 Å². The normalized spacial score (nSPS) is 18.1. The number of aromatic nitrogens is 2. The lowest BCUT2D eigenvalue weighted by Gasteiger charge is -2.22. The van der Waals surface area contributed by atoms with E-state index < -0.39 is 0 Å². The van der Waals surface area contributed by atoms with Gasteiger partial charge in [0.1, 0.15) is 0 Å². The smallest absolute Gasteiger partial charge is 0.0537 e. The first-order valence-corrected chi connectivity index (χ1v) is 6.30. The number of hydrogen-bond donors (Lipinski definition) is 1. The summed E-state index contributed by atoms with van der Waals surface area (Å²) in [6.45, 7) is 7.71. The number of nitrogens with one attached hydrogen (secondary N) is 1. The second-order valence-corrected chi connectivity index (χ2v) is 5.37. The molecule has 3 heteroatoms. The highest BCUT2D eigenvalue weighted by molar-refractivity contribution is 5.15. The third-order valence-corrected chi connectivity index (χ3v) is 3.71. The van der Waals surface area contributed by atoms with Crippen molar-refractivity contribution >= 4 is 0 Å². The molecule has 1 fully saturated rings. The third-order valence-electron chi connectivity index (χ3n) is 3.71. The maximum Gasteiger partial charge on any atom is 0.0537 e. The van der Waals surface area contributed by atoms with Crippen LogP contribution in [0.15, 0.2) is 6.20 Å². The lowest BCUT2D eigenvalue weighted by atomic mass is 9.99. The lowest BCUT2D eigenvalue weighted by molar-refractivity contribution is 0.359. The molecule has 1 heterocycles. The van der Waals surface area contributed by atoms with E-state index in [1.165, 1.54) is 24.1 Å². The van der Waals surface area contributed by atoms with Crippen molar-refractivity contribution in [1.29, 1.82) is 0 Å². The van der Waals surface area contributed by atoms with Crippen LogP contribution in [0.5, 0.6) is 0 Å². The Morgan fingerprint density at radius 2 is 2.19 bits per heavy atom. The average Bonchev–Trinajstić information content (AvgIpc) is 3.00. The molecular formula is C13H23N3. The minimum atomic E-state index is 0.680. The van der Waals surface area contributed by atoms with E-state index in [9.17, 15) is 0 Å². The quantitative estimate of drug-likeness (QED) is 0.826. The van der Waals surface area contributed by atoms with Gasteiger partial charge in [-0.2, -0.15) is 5.10 Å². The first-order valence-electron chi connectivity index (χ1n) is 6.30. The summed E-state index contributed by atoms with van der Waals surface area (Å²) in [5.74, 6) is 1.64. The zero-order valence-corrected chi connectivity index (χ0v) is 10.8. The summed E-state index contributed by atoms with van der Waals surface area (Å²) >= 11 is 0. The molecule has 0 aromatic carbocycles. The monoisotopic (exact) mass is 221 g/mol. The molecule has 2 rings (SSSR count). The van der Waals surface area contributed by atoms with Gasteiger partial charge in [-0.25, -0.2) is 0 Å². The zero-order chi connectivity index (χ0) is 11.7. The maximum atomic E-state index is 4.28. The van der Waals surface area contributed by atoms with E-state index in [1.807, 2.05) is 17.9 Å². The number of rotatable bonds is 5. The van der Waals surface area contributed by atoms with Crippen LogP contribution in [-0.2, 0) is 13.6 Å². The maximum absolute atomic E-state index is 4.28. The molecular weight excluding hydrogens is 198 g/mol. The second-order valence-electron chi connectivity index (χ2n) is 5.37. The fourth-order valence-electron chi connectivity index (χ4n) is 2.35. The Balaban J connectivity index is 1.92. The van der Waals surface area contributed by atoms with E-state index in [4.69, 9.17) is 0 Å². The molecule has 0 spiro atoms. The van der Waals surface area contributed by atoms with Crippen molar-refractivity contribution in [2.24, 2.45) is 18.9 Å². The summed E-state index contributed by atoms with van der Waals surface area (Å²) in [6.07, 6.45) is 4.79. The molecule has 1 saturated carbocycles. The number of hydrogen-bond acceptors (Lipinski definition) is 2. The Morgan fingerprint density at radius 3 is 2.62 bits per heavy atom. The first-order chi connectivity index (χ1) is 7.59. The summed E-state index contributed by atoms with van der Waals surface area (Å²) in [5.41, 5.74) is 2.60. The van der Waals surface area contributed by atoms with E-state index in [0.717, 1.165) is 18.4 Å². The molecule has 3 nitrogen and oxygen atoms in total. The van der Waals surface area contributed by atoms with E-state index in [0.29, 0.717) is 6.04 Å². The van der Waals surface area contributed by atoms with Gasteiger partial charge in [0.25, 0.3) is 0 Å². The van der Waals surface area contributed by atoms with Crippen molar-refractivity contribution in [3.05, 3.63) is 17.5 Å². The Bertz CT molecular complexity index is 348. The molecule has 1 N–H and O–H groups in total. The molecule has 1 aromatic heterocycles. The largest absolute Gasteiger partial charge is 0.309 e. The van der Waals surface area contributed by atoms with Gasteiger partial charge in [0.2, 0.25) is 0 Å². The standard InChI is InChI=1S/C13H23N3/c1-9(2)13(11-5-6-11)14-7-12-8-15-16(4)10(12)3/h8-9,11,13-14H,5-7H2,1-4H3. The predicted molar refractivity (Wildman–Crippen MR) is 66.1 cm³/mol. The van der Waals surface area contributed by atoms with Crippen molar-refractivity contribution in [3.8, 4) is 0 Å². The molecule has 0 amide bonds. The minimum absolute atomic E-state index is 0.680. The highest BCUT2D eigenvalue weighted by Gasteiger charge is 2.32. The molecule has 1 aliphatic carbocycles. The highest BCUT2D eigenvalue weighted by Crippen LogP contribution is 2.35. The van der Waals surface area contributed by atoms with Crippen LogP contribution in [0, 0.1) is 18.8 Å². The van der Waals surface area contributed by atoms with Crippen LogP contribution in [0.2, 0.25) is 0 Å². The van der Waals surface area contributed by atoms with Gasteiger partial charge in [-0.3, -0.25) is 4.68 Å². The van der Waals surface area contributed by atoms with Crippen LogP contribution in [-0.4, -0.2) is 15.8 Å². The summed E-state index contributed by atoms with van der Waals surface area (Å²) < 4.78 is 1.94. The molecule has 1 atom stereocenters. The van der Waals surface area contributed by atoms with Crippen molar-refractivity contribution < 1.29 is 0 Å². The van der Waals surface area contributed by atoms with Crippen LogP contribution in [0.1, 0.15) is 37.9 Å². The molecule has 1 unspecified atom stereocenters. The lowest BCUT2D eigenvalue weighted by Crippen LogP contribution is -2.35. The molecule has 0 saturated heterocycles. The third kappa shape index (κ3) is 2.46. The van der Waals surface area contributed by atoms with Gasteiger partial charge >= 0.3 is 0 Å². The van der Waals surface area contributed by atoms with Crippen molar-refractivity contribution in [1.82, 2.24) is 15.1 Å². The van der Waals surface area contributed by atoms with Gasteiger partial charge in [0.15, 0.2) is 0 Å². The van der Waals surface area contributed by atoms with Gasteiger partial charge in [-0.15, -0.1) is 0 Å². The molecule has 1 aliphatic rings. The number of aryl methyl sites for hydroxylation is 1. The Labute approximate surface area is 98.2 Å². The molecule has 0 radical (unpaired) electrons. The fraction of sp³-hybridized carbons (Fsp3) is 0.769. The molecule has 0 bridgehead atoms. The van der Waals surface area contributed by atoms with Gasteiger partial charge in [-0.1, -0.05) is 13.8 Å². The van der Waals surface area contributed by atoms with Gasteiger partial charge in [0, 0.05) is 30.9 Å². The minimum Gasteiger partial charge on any atom is -0.309 e. The van der Waals surface area contributed by atoms with Crippen molar-refractivity contribution in [3.63, 3.8) is 0 Å². The first kappa shape index (κ1) is 11.6. The second kappa shape index (κ2) is 4.58. The summed E-state index contributed by atoms with van der Waals surface area (Å²) in [6, 6.07) is 0.680. The van der Waals surface area contributed by atoms with Gasteiger partial charge < -0.3 is 5.32 Å². The topological polar surface area (TPSA) is 29.9 Å². The van der Waals surface area contributed by atoms with Crippen LogP contribution < -0.4 is 5.32 Å². The Morgan fingerprint density at radius 1 is 1.50 bits per heavy atom. The average molecular weight is 221 g/mol. The molecule has 90 valence electrons. The SMILES string of the molecule is Cc1c(CNC(C(C)C)C2CC2)cnn1C.